The van der Waals surface area contributed by atoms with Crippen LogP contribution in [-0.2, 0) is 9.47 Å². The second-order valence-corrected chi connectivity index (χ2v) is 9.33. The number of alkyl carbamates (subject to hydrolysis) is 1. The van der Waals surface area contributed by atoms with Crippen LogP contribution in [0.4, 0.5) is 4.79 Å². The van der Waals surface area contributed by atoms with Crippen molar-refractivity contribution in [1.82, 2.24) is 5.32 Å². The maximum Gasteiger partial charge on any atom is 0.407 e. The van der Waals surface area contributed by atoms with Crippen LogP contribution in [0.2, 0.25) is 0 Å². The Morgan fingerprint density at radius 3 is 2.22 bits per heavy atom. The van der Waals surface area contributed by atoms with Crippen molar-refractivity contribution in [2.24, 2.45) is 5.41 Å². The summed E-state index contributed by atoms with van der Waals surface area (Å²) < 4.78 is 11.0. The molecular weight excluding hydrogens is 310 g/mol. The van der Waals surface area contributed by atoms with E-state index in [1.54, 1.807) is 0 Å². The number of methoxy groups -OCH3 is 1. The summed E-state index contributed by atoms with van der Waals surface area (Å²) in [5, 5.41) is 2.83. The van der Waals surface area contributed by atoms with Gasteiger partial charge in [0.15, 0.2) is 0 Å². The third kappa shape index (κ3) is 8.30. The van der Waals surface area contributed by atoms with Gasteiger partial charge in [-0.25, -0.2) is 4.79 Å². The quantitative estimate of drug-likeness (QED) is 0.613. The molecule has 0 aromatic rings. The summed E-state index contributed by atoms with van der Waals surface area (Å²) in [7, 11) is 1.38. The molecule has 5 heteroatoms. The fourth-order valence-corrected chi connectivity index (χ4v) is 3.36. The first-order chi connectivity index (χ1) is 10.4. The number of carbonyl (C=O) groups excluding carboxylic acids is 1. The van der Waals surface area contributed by atoms with Crippen LogP contribution in [0.5, 0.6) is 0 Å². The predicted octanol–water partition coefficient (Wildman–Crippen LogP) is 4.86. The number of carbonyl (C=O) groups is 1. The lowest BCUT2D eigenvalue weighted by molar-refractivity contribution is -0.0271. The Bertz CT molecular complexity index is 365. The molecule has 0 spiro atoms. The Balaban J connectivity index is 4.47. The molecule has 0 rings (SSSR count). The van der Waals surface area contributed by atoms with Gasteiger partial charge in [-0.3, -0.25) is 0 Å². The van der Waals surface area contributed by atoms with Gasteiger partial charge in [0.05, 0.1) is 13.2 Å². The maximum absolute atomic E-state index is 11.3. The van der Waals surface area contributed by atoms with Gasteiger partial charge in [0.1, 0.15) is 0 Å². The molecule has 0 radical (unpaired) electrons. The van der Waals surface area contributed by atoms with Crippen molar-refractivity contribution in [2.75, 3.05) is 20.0 Å². The van der Waals surface area contributed by atoms with Crippen LogP contribution in [0, 0.1) is 5.41 Å². The molecule has 2 atom stereocenters. The van der Waals surface area contributed by atoms with Crippen molar-refractivity contribution >= 4 is 17.9 Å². The summed E-state index contributed by atoms with van der Waals surface area (Å²) in [6.45, 7) is 15.9. The Hall–Kier alpha value is -0.420. The van der Waals surface area contributed by atoms with E-state index < -0.39 is 6.09 Å². The molecule has 0 aliphatic carbocycles. The number of amides is 1. The zero-order chi connectivity index (χ0) is 18.3. The van der Waals surface area contributed by atoms with Crippen LogP contribution in [-0.4, -0.2) is 42.5 Å². The minimum absolute atomic E-state index is 0.105. The number of rotatable bonds is 10. The lowest BCUT2D eigenvalue weighted by Crippen LogP contribution is -2.44. The van der Waals surface area contributed by atoms with Crippen molar-refractivity contribution in [2.45, 2.75) is 84.1 Å². The molecule has 0 aliphatic rings. The number of nitrogens with one attached hydrogen (secondary N) is 1. The van der Waals surface area contributed by atoms with E-state index in [2.05, 4.69) is 50.9 Å². The zero-order valence-corrected chi connectivity index (χ0v) is 17.4. The standard InChI is InChI=1S/C18H37NO3S/c1-10-18(7,23-9)13-16(3,4)14(2)22-12-11-17(5,6)19-15(20)21-8/h14H,10-13H2,1-9H3,(H,19,20). The highest BCUT2D eigenvalue weighted by atomic mass is 32.2. The summed E-state index contributed by atoms with van der Waals surface area (Å²) in [5.41, 5.74) is -0.234. The zero-order valence-electron chi connectivity index (χ0n) is 16.5. The summed E-state index contributed by atoms with van der Waals surface area (Å²) in [4.78, 5) is 11.3. The largest absolute Gasteiger partial charge is 0.453 e. The SMILES string of the molecule is CCC(C)(CC(C)(C)C(C)OCCC(C)(C)NC(=O)OC)SC. The molecule has 138 valence electrons. The first-order valence-corrected chi connectivity index (χ1v) is 9.67. The second kappa shape index (κ2) is 9.16. The molecule has 0 heterocycles. The van der Waals surface area contributed by atoms with E-state index in [-0.39, 0.29) is 21.8 Å². The lowest BCUT2D eigenvalue weighted by atomic mass is 9.78. The molecule has 0 aliphatic heterocycles. The van der Waals surface area contributed by atoms with E-state index in [0.717, 1.165) is 19.3 Å². The predicted molar refractivity (Wildman–Crippen MR) is 100 cm³/mol. The molecule has 4 nitrogen and oxygen atoms in total. The monoisotopic (exact) mass is 347 g/mol. The molecule has 0 fully saturated rings. The van der Waals surface area contributed by atoms with Crippen molar-refractivity contribution in [3.63, 3.8) is 0 Å². The van der Waals surface area contributed by atoms with Gasteiger partial charge in [-0.1, -0.05) is 27.7 Å². The summed E-state index contributed by atoms with van der Waals surface area (Å²) in [6.07, 6.45) is 4.96. The summed E-state index contributed by atoms with van der Waals surface area (Å²) in [5.74, 6) is 0. The summed E-state index contributed by atoms with van der Waals surface area (Å²) in [6, 6.07) is 0. The summed E-state index contributed by atoms with van der Waals surface area (Å²) >= 11 is 1.94. The molecule has 1 amide bonds. The van der Waals surface area contributed by atoms with Gasteiger partial charge in [-0.05, 0) is 51.7 Å². The molecule has 0 bridgehead atoms. The van der Waals surface area contributed by atoms with Gasteiger partial charge in [-0.2, -0.15) is 11.8 Å². The van der Waals surface area contributed by atoms with Crippen LogP contribution >= 0.6 is 11.8 Å². The van der Waals surface area contributed by atoms with Crippen LogP contribution < -0.4 is 5.32 Å². The van der Waals surface area contributed by atoms with Crippen molar-refractivity contribution < 1.29 is 14.3 Å². The Morgan fingerprint density at radius 2 is 1.78 bits per heavy atom. The topological polar surface area (TPSA) is 47.6 Å². The normalized spacial score (nSPS) is 16.6. The number of ether oxygens (including phenoxy) is 2. The van der Waals surface area contributed by atoms with Gasteiger partial charge < -0.3 is 14.8 Å². The van der Waals surface area contributed by atoms with E-state index in [1.807, 2.05) is 25.6 Å². The smallest absolute Gasteiger partial charge is 0.407 e. The minimum Gasteiger partial charge on any atom is -0.453 e. The van der Waals surface area contributed by atoms with E-state index >= 15 is 0 Å². The Kier molecular flexibility index (Phi) is 9.00. The van der Waals surface area contributed by atoms with Crippen LogP contribution in [0.1, 0.15) is 67.7 Å². The highest BCUT2D eigenvalue weighted by Gasteiger charge is 2.35. The Morgan fingerprint density at radius 1 is 1.22 bits per heavy atom. The molecule has 2 unspecified atom stereocenters. The fourth-order valence-electron chi connectivity index (χ4n) is 2.56. The van der Waals surface area contributed by atoms with E-state index in [1.165, 1.54) is 7.11 Å². The molecule has 0 saturated carbocycles. The number of thioether (sulfide) groups is 1. The molecular formula is C18H37NO3S. The highest BCUT2D eigenvalue weighted by Crippen LogP contribution is 2.41. The van der Waals surface area contributed by atoms with Crippen molar-refractivity contribution in [3.05, 3.63) is 0 Å². The third-order valence-corrected chi connectivity index (χ3v) is 6.31. The first kappa shape index (κ1) is 22.6. The van der Waals surface area contributed by atoms with E-state index in [9.17, 15) is 4.79 Å². The third-order valence-electron chi connectivity index (χ3n) is 4.89. The van der Waals surface area contributed by atoms with Crippen LogP contribution in [0.3, 0.4) is 0 Å². The lowest BCUT2D eigenvalue weighted by Gasteiger charge is -2.40. The van der Waals surface area contributed by atoms with Gasteiger partial charge in [0.2, 0.25) is 0 Å². The van der Waals surface area contributed by atoms with Crippen LogP contribution in [0.15, 0.2) is 0 Å². The maximum atomic E-state index is 11.3. The molecule has 0 saturated heterocycles. The van der Waals surface area contributed by atoms with Crippen molar-refractivity contribution in [1.29, 1.82) is 0 Å². The van der Waals surface area contributed by atoms with Gasteiger partial charge in [-0.15, -0.1) is 0 Å². The minimum atomic E-state index is -0.401. The number of hydrogen-bond acceptors (Lipinski definition) is 4. The molecule has 0 aromatic heterocycles. The van der Waals surface area contributed by atoms with E-state index in [0.29, 0.717) is 6.61 Å². The average molecular weight is 348 g/mol. The van der Waals surface area contributed by atoms with Gasteiger partial charge in [0.25, 0.3) is 0 Å². The van der Waals surface area contributed by atoms with E-state index in [4.69, 9.17) is 4.74 Å². The van der Waals surface area contributed by atoms with Crippen molar-refractivity contribution in [3.8, 4) is 0 Å². The first-order valence-electron chi connectivity index (χ1n) is 8.44. The van der Waals surface area contributed by atoms with Crippen LogP contribution in [0.25, 0.3) is 0 Å². The highest BCUT2D eigenvalue weighted by molar-refractivity contribution is 7.99. The molecule has 23 heavy (non-hydrogen) atoms. The fraction of sp³-hybridized carbons (Fsp3) is 0.944. The van der Waals surface area contributed by atoms with Gasteiger partial charge in [0, 0.05) is 16.9 Å². The van der Waals surface area contributed by atoms with Gasteiger partial charge >= 0.3 is 6.09 Å². The second-order valence-electron chi connectivity index (χ2n) is 7.94. The number of hydrogen-bond donors (Lipinski definition) is 1. The average Bonchev–Trinajstić information content (AvgIpc) is 2.45. The Labute approximate surface area is 147 Å². The molecule has 1 N–H and O–H groups in total. The molecule has 0 aromatic carbocycles.